The van der Waals surface area contributed by atoms with Crippen LogP contribution in [0.5, 0.6) is 0 Å². The number of aromatic amines is 1. The number of H-pyrrole nitrogens is 1. The predicted molar refractivity (Wildman–Crippen MR) is 153 cm³/mol. The fraction of sp³-hybridized carbons (Fsp3) is 0.310. The van der Waals surface area contributed by atoms with Crippen molar-refractivity contribution in [1.29, 1.82) is 0 Å². The largest absolute Gasteiger partial charge is 0.481 e. The van der Waals surface area contributed by atoms with E-state index in [0.717, 1.165) is 10.9 Å². The number of fused-ring (bicyclic) bond motifs is 1. The number of para-hydroxylation sites is 1. The molecule has 3 rings (SSSR count). The third-order valence-electron chi connectivity index (χ3n) is 6.65. The topological polar surface area (TPSA) is 241 Å². The van der Waals surface area contributed by atoms with E-state index >= 15 is 0 Å². The predicted octanol–water partition coefficient (Wildman–Crippen LogP) is 0.159. The third-order valence-corrected chi connectivity index (χ3v) is 6.65. The fourth-order valence-electron chi connectivity index (χ4n) is 4.40. The smallest absolute Gasteiger partial charge is 0.326 e. The van der Waals surface area contributed by atoms with Gasteiger partial charge >= 0.3 is 17.9 Å². The van der Waals surface area contributed by atoms with Gasteiger partial charge in [-0.05, 0) is 23.6 Å². The molecule has 2 aromatic carbocycles. The van der Waals surface area contributed by atoms with Crippen molar-refractivity contribution in [3.05, 3.63) is 71.9 Å². The highest BCUT2D eigenvalue weighted by Gasteiger charge is 2.32. The minimum absolute atomic E-state index is 0.0941. The van der Waals surface area contributed by atoms with Crippen LogP contribution in [0.15, 0.2) is 60.8 Å². The standard InChI is InChI=1S/C29H33N5O9/c30-19(10-11-24(35)36)26(39)32-21(13-17-15-31-20-9-5-4-8-18(17)20)27(40)33-22(14-25(37)38)28(41)34-23(29(42)43)12-16-6-2-1-3-7-16/h1-9,15,19,21-23,31H,10-14,30H2,(H,32,39)(H,33,40)(H,34,41)(H,35,36)(H,37,38)(H,42,43). The van der Waals surface area contributed by atoms with Crippen LogP contribution in [0.25, 0.3) is 10.9 Å². The van der Waals surface area contributed by atoms with Crippen LogP contribution in [0.3, 0.4) is 0 Å². The van der Waals surface area contributed by atoms with Gasteiger partial charge in [-0.1, -0.05) is 48.5 Å². The highest BCUT2D eigenvalue weighted by atomic mass is 16.4. The molecule has 0 saturated carbocycles. The number of carboxylic acid groups (broad SMARTS) is 3. The molecule has 0 aliphatic carbocycles. The van der Waals surface area contributed by atoms with E-state index in [0.29, 0.717) is 11.1 Å². The first-order valence-corrected chi connectivity index (χ1v) is 13.4. The Morgan fingerprint density at radius 2 is 1.33 bits per heavy atom. The number of aliphatic carboxylic acids is 3. The van der Waals surface area contributed by atoms with E-state index in [1.807, 2.05) is 0 Å². The highest BCUT2D eigenvalue weighted by molar-refractivity contribution is 5.96. The van der Waals surface area contributed by atoms with E-state index in [-0.39, 0.29) is 25.7 Å². The van der Waals surface area contributed by atoms with Crippen LogP contribution >= 0.6 is 0 Å². The molecule has 4 unspecified atom stereocenters. The third kappa shape index (κ3) is 9.67. The quantitative estimate of drug-likeness (QED) is 0.111. The SMILES string of the molecule is NC(CCC(=O)O)C(=O)NC(Cc1c[nH]c2ccccc12)C(=O)NC(CC(=O)O)C(=O)NC(Cc1ccccc1)C(=O)O. The minimum atomic E-state index is -1.69. The molecule has 14 nitrogen and oxygen atoms in total. The summed E-state index contributed by atoms with van der Waals surface area (Å²) in [6.07, 6.45) is -0.0261. The Kier molecular flexibility index (Phi) is 11.3. The van der Waals surface area contributed by atoms with Crippen molar-refractivity contribution >= 4 is 46.5 Å². The Bertz CT molecular complexity index is 1470. The lowest BCUT2D eigenvalue weighted by atomic mass is 10.0. The molecule has 0 bridgehead atoms. The van der Waals surface area contributed by atoms with Crippen LogP contribution in [-0.4, -0.2) is 80.1 Å². The van der Waals surface area contributed by atoms with Crippen LogP contribution in [0.2, 0.25) is 0 Å². The number of benzene rings is 2. The Labute approximate surface area is 245 Å². The average molecular weight is 596 g/mol. The second-order valence-electron chi connectivity index (χ2n) is 9.91. The lowest BCUT2D eigenvalue weighted by Gasteiger charge is -2.24. The molecule has 43 heavy (non-hydrogen) atoms. The van der Waals surface area contributed by atoms with Gasteiger partial charge in [-0.15, -0.1) is 0 Å². The van der Waals surface area contributed by atoms with Crippen molar-refractivity contribution in [3.63, 3.8) is 0 Å². The Hall–Kier alpha value is -5.24. The second-order valence-corrected chi connectivity index (χ2v) is 9.91. The van der Waals surface area contributed by atoms with Crippen molar-refractivity contribution in [2.75, 3.05) is 0 Å². The molecule has 0 fully saturated rings. The molecular formula is C29H33N5O9. The number of carbonyl (C=O) groups is 6. The number of carboxylic acids is 3. The zero-order valence-corrected chi connectivity index (χ0v) is 23.0. The van der Waals surface area contributed by atoms with Crippen molar-refractivity contribution in [2.24, 2.45) is 5.73 Å². The van der Waals surface area contributed by atoms with E-state index in [1.54, 1.807) is 60.8 Å². The van der Waals surface area contributed by atoms with Gasteiger partial charge in [0.05, 0.1) is 12.5 Å². The number of hydrogen-bond acceptors (Lipinski definition) is 7. The molecule has 0 aliphatic heterocycles. The van der Waals surface area contributed by atoms with Crippen molar-refractivity contribution in [3.8, 4) is 0 Å². The molecule has 0 spiro atoms. The number of aromatic nitrogens is 1. The number of hydrogen-bond donors (Lipinski definition) is 8. The maximum absolute atomic E-state index is 13.5. The van der Waals surface area contributed by atoms with Gasteiger partial charge in [-0.2, -0.15) is 0 Å². The summed E-state index contributed by atoms with van der Waals surface area (Å²) in [6, 6.07) is 9.89. The molecule has 0 saturated heterocycles. The number of amides is 3. The zero-order chi connectivity index (χ0) is 31.5. The molecule has 9 N–H and O–H groups in total. The van der Waals surface area contributed by atoms with E-state index in [2.05, 4.69) is 20.9 Å². The highest BCUT2D eigenvalue weighted by Crippen LogP contribution is 2.19. The molecule has 4 atom stereocenters. The van der Waals surface area contributed by atoms with E-state index in [9.17, 15) is 39.0 Å². The Morgan fingerprint density at radius 3 is 1.98 bits per heavy atom. The maximum atomic E-state index is 13.5. The summed E-state index contributed by atoms with van der Waals surface area (Å²) in [5.41, 5.74) is 7.80. The van der Waals surface area contributed by atoms with Crippen LogP contribution in [0.4, 0.5) is 0 Å². The molecule has 0 radical (unpaired) electrons. The molecule has 1 heterocycles. The summed E-state index contributed by atoms with van der Waals surface area (Å²) in [7, 11) is 0. The summed E-state index contributed by atoms with van der Waals surface area (Å²) in [4.78, 5) is 76.8. The number of rotatable bonds is 16. The number of carbonyl (C=O) groups excluding carboxylic acids is 3. The second kappa shape index (κ2) is 15.1. The number of nitrogens with two attached hydrogens (primary N) is 1. The van der Waals surface area contributed by atoms with Gasteiger partial charge in [-0.25, -0.2) is 4.79 Å². The van der Waals surface area contributed by atoms with Crippen molar-refractivity contribution in [2.45, 2.75) is 56.3 Å². The molecule has 14 heteroatoms. The lowest BCUT2D eigenvalue weighted by Crippen LogP contribution is -2.58. The zero-order valence-electron chi connectivity index (χ0n) is 23.0. The van der Waals surface area contributed by atoms with Crippen molar-refractivity contribution < 1.29 is 44.1 Å². The van der Waals surface area contributed by atoms with Crippen LogP contribution < -0.4 is 21.7 Å². The van der Waals surface area contributed by atoms with Gasteiger partial charge in [-0.3, -0.25) is 24.0 Å². The molecule has 3 amide bonds. The monoisotopic (exact) mass is 595 g/mol. The molecular weight excluding hydrogens is 562 g/mol. The van der Waals surface area contributed by atoms with Crippen LogP contribution in [0, 0.1) is 0 Å². The molecule has 0 aliphatic rings. The summed E-state index contributed by atoms with van der Waals surface area (Å²) >= 11 is 0. The van der Waals surface area contributed by atoms with Gasteiger partial charge in [0, 0.05) is 36.4 Å². The minimum Gasteiger partial charge on any atom is -0.481 e. The summed E-state index contributed by atoms with van der Waals surface area (Å²) in [5, 5.41) is 35.8. The maximum Gasteiger partial charge on any atom is 0.326 e. The van der Waals surface area contributed by atoms with Gasteiger partial charge in [0.1, 0.15) is 18.1 Å². The normalized spacial score (nSPS) is 13.7. The van der Waals surface area contributed by atoms with E-state index in [1.165, 1.54) is 0 Å². The summed E-state index contributed by atoms with van der Waals surface area (Å²) in [5.74, 6) is -6.77. The lowest BCUT2D eigenvalue weighted by molar-refractivity contribution is -0.143. The average Bonchev–Trinajstić information content (AvgIpc) is 3.37. The van der Waals surface area contributed by atoms with Gasteiger partial charge in [0.15, 0.2) is 0 Å². The first-order valence-electron chi connectivity index (χ1n) is 13.4. The fourth-order valence-corrected chi connectivity index (χ4v) is 4.40. The molecule has 228 valence electrons. The summed E-state index contributed by atoms with van der Waals surface area (Å²) in [6.45, 7) is 0. The van der Waals surface area contributed by atoms with Gasteiger partial charge in [0.25, 0.3) is 0 Å². The van der Waals surface area contributed by atoms with Crippen LogP contribution in [0.1, 0.15) is 30.4 Å². The first-order chi connectivity index (χ1) is 20.4. The van der Waals surface area contributed by atoms with Crippen molar-refractivity contribution in [1.82, 2.24) is 20.9 Å². The van der Waals surface area contributed by atoms with E-state index < -0.39 is 66.2 Å². The van der Waals surface area contributed by atoms with Crippen LogP contribution in [-0.2, 0) is 41.6 Å². The van der Waals surface area contributed by atoms with E-state index in [4.69, 9.17) is 10.8 Å². The molecule has 3 aromatic rings. The first kappa shape index (κ1) is 32.3. The summed E-state index contributed by atoms with van der Waals surface area (Å²) < 4.78 is 0. The van der Waals surface area contributed by atoms with Gasteiger partial charge < -0.3 is 42.0 Å². The Balaban J connectivity index is 1.82. The molecule has 1 aromatic heterocycles. The number of nitrogens with one attached hydrogen (secondary N) is 4. The van der Waals surface area contributed by atoms with Gasteiger partial charge in [0.2, 0.25) is 17.7 Å². The Morgan fingerprint density at radius 1 is 0.721 bits per heavy atom.